The second kappa shape index (κ2) is 7.61. The molecule has 1 aliphatic rings. The lowest BCUT2D eigenvalue weighted by Gasteiger charge is -2.28. The molecule has 6 nitrogen and oxygen atoms in total. The standard InChI is InChI=1S/C20H25N3O3/c1-6-20(7-2,8-3)21-17(24)13-22-18(25)15(5)23(19(22)26)16-11-9-14(4)10-12-16/h1,9-12,15H,7-8,13H2,2-5H3,(H,21,24). The molecule has 1 aromatic rings. The number of nitrogens with zero attached hydrogens (tertiary/aromatic N) is 2. The van der Waals surface area contributed by atoms with Crippen LogP contribution in [0.3, 0.4) is 0 Å². The van der Waals surface area contributed by atoms with Gasteiger partial charge in [-0.05, 0) is 38.8 Å². The number of imide groups is 1. The van der Waals surface area contributed by atoms with Crippen LogP contribution in [-0.4, -0.2) is 40.9 Å². The Hall–Kier alpha value is -2.81. The number of urea groups is 1. The SMILES string of the molecule is C#CC(CC)(CC)NC(=O)CN1C(=O)C(C)N(c2ccc(C)cc2)C1=O. The van der Waals surface area contributed by atoms with Gasteiger partial charge in [0.2, 0.25) is 5.91 Å². The molecule has 1 atom stereocenters. The van der Waals surface area contributed by atoms with Gasteiger partial charge in [-0.25, -0.2) is 4.79 Å². The molecule has 1 fully saturated rings. The van der Waals surface area contributed by atoms with Crippen molar-refractivity contribution in [3.05, 3.63) is 29.8 Å². The fourth-order valence-corrected chi connectivity index (χ4v) is 3.03. The fourth-order valence-electron chi connectivity index (χ4n) is 3.03. The molecule has 1 aromatic carbocycles. The molecule has 6 heteroatoms. The quantitative estimate of drug-likeness (QED) is 0.629. The van der Waals surface area contributed by atoms with E-state index in [4.69, 9.17) is 6.42 Å². The maximum atomic E-state index is 12.7. The van der Waals surface area contributed by atoms with Crippen LogP contribution in [0.25, 0.3) is 0 Å². The lowest BCUT2D eigenvalue weighted by atomic mass is 9.94. The van der Waals surface area contributed by atoms with Crippen molar-refractivity contribution in [2.24, 2.45) is 0 Å². The lowest BCUT2D eigenvalue weighted by Crippen LogP contribution is -2.51. The summed E-state index contributed by atoms with van der Waals surface area (Å²) in [6.07, 6.45) is 6.69. The summed E-state index contributed by atoms with van der Waals surface area (Å²) in [4.78, 5) is 40.0. The Balaban J connectivity index is 2.17. The van der Waals surface area contributed by atoms with Crippen LogP contribution in [0.15, 0.2) is 24.3 Å². The third-order valence-electron chi connectivity index (χ3n) is 4.92. The average Bonchev–Trinajstić information content (AvgIpc) is 2.84. The highest BCUT2D eigenvalue weighted by Gasteiger charge is 2.44. The Morgan fingerprint density at radius 1 is 1.23 bits per heavy atom. The molecular weight excluding hydrogens is 330 g/mol. The maximum absolute atomic E-state index is 12.7. The largest absolute Gasteiger partial charge is 0.338 e. The number of anilines is 1. The summed E-state index contributed by atoms with van der Waals surface area (Å²) in [7, 11) is 0. The van der Waals surface area contributed by atoms with Crippen molar-refractivity contribution >= 4 is 23.5 Å². The number of hydrogen-bond donors (Lipinski definition) is 1. The molecule has 138 valence electrons. The van der Waals surface area contributed by atoms with Gasteiger partial charge in [-0.1, -0.05) is 37.5 Å². The summed E-state index contributed by atoms with van der Waals surface area (Å²) < 4.78 is 0. The molecule has 4 amide bonds. The van der Waals surface area contributed by atoms with Gasteiger partial charge in [-0.15, -0.1) is 6.42 Å². The first-order valence-electron chi connectivity index (χ1n) is 8.78. The van der Waals surface area contributed by atoms with Crippen LogP contribution in [0.1, 0.15) is 39.2 Å². The van der Waals surface area contributed by atoms with Crippen molar-refractivity contribution < 1.29 is 14.4 Å². The summed E-state index contributed by atoms with van der Waals surface area (Å²) >= 11 is 0. The van der Waals surface area contributed by atoms with E-state index in [0.29, 0.717) is 18.5 Å². The predicted octanol–water partition coefficient (Wildman–Crippen LogP) is 2.46. The molecule has 0 saturated carbocycles. The van der Waals surface area contributed by atoms with Crippen molar-refractivity contribution in [3.63, 3.8) is 0 Å². The van der Waals surface area contributed by atoms with Crippen LogP contribution in [-0.2, 0) is 9.59 Å². The topological polar surface area (TPSA) is 69.7 Å². The highest BCUT2D eigenvalue weighted by molar-refractivity contribution is 6.15. The molecule has 0 aromatic heterocycles. The molecule has 2 rings (SSSR count). The van der Waals surface area contributed by atoms with Crippen molar-refractivity contribution in [3.8, 4) is 12.3 Å². The Labute approximate surface area is 154 Å². The minimum atomic E-state index is -0.759. The average molecular weight is 355 g/mol. The van der Waals surface area contributed by atoms with Crippen LogP contribution in [0.2, 0.25) is 0 Å². The van der Waals surface area contributed by atoms with E-state index in [9.17, 15) is 14.4 Å². The highest BCUT2D eigenvalue weighted by atomic mass is 16.2. The molecule has 1 unspecified atom stereocenters. The highest BCUT2D eigenvalue weighted by Crippen LogP contribution is 2.26. The first kappa shape index (κ1) is 19.5. The predicted molar refractivity (Wildman–Crippen MR) is 101 cm³/mol. The van der Waals surface area contributed by atoms with Gasteiger partial charge >= 0.3 is 6.03 Å². The van der Waals surface area contributed by atoms with Crippen LogP contribution in [0, 0.1) is 19.3 Å². The van der Waals surface area contributed by atoms with E-state index in [1.807, 2.05) is 32.9 Å². The minimum Gasteiger partial charge on any atom is -0.338 e. The number of hydrogen-bond acceptors (Lipinski definition) is 3. The smallest absolute Gasteiger partial charge is 0.332 e. The van der Waals surface area contributed by atoms with Crippen molar-refractivity contribution in [2.75, 3.05) is 11.4 Å². The van der Waals surface area contributed by atoms with Crippen molar-refractivity contribution in [1.82, 2.24) is 10.2 Å². The molecule has 1 saturated heterocycles. The summed E-state index contributed by atoms with van der Waals surface area (Å²) in [6, 6.07) is 6.17. The number of aryl methyl sites for hydroxylation is 1. The van der Waals surface area contributed by atoms with Crippen LogP contribution < -0.4 is 10.2 Å². The second-order valence-electron chi connectivity index (χ2n) is 6.57. The van der Waals surface area contributed by atoms with E-state index >= 15 is 0 Å². The zero-order valence-electron chi connectivity index (χ0n) is 15.7. The van der Waals surface area contributed by atoms with E-state index in [0.717, 1.165) is 10.5 Å². The van der Waals surface area contributed by atoms with E-state index in [2.05, 4.69) is 11.2 Å². The van der Waals surface area contributed by atoms with E-state index in [1.54, 1.807) is 19.1 Å². The van der Waals surface area contributed by atoms with Crippen molar-refractivity contribution in [1.29, 1.82) is 0 Å². The van der Waals surface area contributed by atoms with Gasteiger partial charge in [-0.3, -0.25) is 19.4 Å². The number of carbonyl (C=O) groups is 3. The van der Waals surface area contributed by atoms with Crippen LogP contribution >= 0.6 is 0 Å². The number of carbonyl (C=O) groups excluding carboxylic acids is 3. The van der Waals surface area contributed by atoms with E-state index in [-0.39, 0.29) is 6.54 Å². The first-order valence-corrected chi connectivity index (χ1v) is 8.78. The molecule has 1 aliphatic heterocycles. The van der Waals surface area contributed by atoms with Gasteiger partial charge < -0.3 is 5.32 Å². The molecule has 0 aliphatic carbocycles. The summed E-state index contributed by atoms with van der Waals surface area (Å²) in [5.74, 6) is 1.77. The number of terminal acetylenes is 1. The third kappa shape index (κ3) is 3.57. The fraction of sp³-hybridized carbons (Fsp3) is 0.450. The third-order valence-corrected chi connectivity index (χ3v) is 4.92. The Morgan fingerprint density at radius 2 is 1.81 bits per heavy atom. The van der Waals surface area contributed by atoms with E-state index in [1.165, 1.54) is 4.90 Å². The van der Waals surface area contributed by atoms with Crippen molar-refractivity contribution in [2.45, 2.75) is 52.1 Å². The van der Waals surface area contributed by atoms with Gasteiger partial charge in [0.1, 0.15) is 18.1 Å². The zero-order valence-corrected chi connectivity index (χ0v) is 15.7. The monoisotopic (exact) mass is 355 g/mol. The normalized spacial score (nSPS) is 17.4. The van der Waals surface area contributed by atoms with Gasteiger partial charge in [0.05, 0.1) is 0 Å². The Kier molecular flexibility index (Phi) is 5.71. The maximum Gasteiger partial charge on any atom is 0.332 e. The molecule has 0 spiro atoms. The molecule has 1 heterocycles. The van der Waals surface area contributed by atoms with E-state index < -0.39 is 29.4 Å². The molecule has 0 bridgehead atoms. The Morgan fingerprint density at radius 3 is 2.31 bits per heavy atom. The molecule has 1 N–H and O–H groups in total. The van der Waals surface area contributed by atoms with Gasteiger partial charge in [-0.2, -0.15) is 0 Å². The minimum absolute atomic E-state index is 0.339. The van der Waals surface area contributed by atoms with Crippen LogP contribution in [0.4, 0.5) is 10.5 Å². The lowest BCUT2D eigenvalue weighted by molar-refractivity contribution is -0.132. The van der Waals surface area contributed by atoms with Gasteiger partial charge in [0.15, 0.2) is 0 Å². The van der Waals surface area contributed by atoms with Gasteiger partial charge in [0.25, 0.3) is 5.91 Å². The molecule has 26 heavy (non-hydrogen) atoms. The summed E-state index contributed by atoms with van der Waals surface area (Å²) in [6.45, 7) is 7.03. The van der Waals surface area contributed by atoms with Gasteiger partial charge in [0, 0.05) is 5.69 Å². The zero-order chi connectivity index (χ0) is 19.5. The number of amides is 4. The number of benzene rings is 1. The summed E-state index contributed by atoms with van der Waals surface area (Å²) in [5, 5.41) is 2.78. The second-order valence-corrected chi connectivity index (χ2v) is 6.57. The first-order chi connectivity index (χ1) is 12.3. The van der Waals surface area contributed by atoms with Crippen LogP contribution in [0.5, 0.6) is 0 Å². The molecule has 0 radical (unpaired) electrons. The summed E-state index contributed by atoms with van der Waals surface area (Å²) in [5.41, 5.74) is 0.926. The molecular formula is C20H25N3O3. The number of nitrogens with one attached hydrogen (secondary N) is 1. The Bertz CT molecular complexity index is 745. The number of rotatable bonds is 6.